The van der Waals surface area contributed by atoms with Gasteiger partial charge in [-0.25, -0.2) is 4.79 Å². The monoisotopic (exact) mass is 390 g/mol. The van der Waals surface area contributed by atoms with E-state index < -0.39 is 5.60 Å². The third-order valence-electron chi connectivity index (χ3n) is 4.78. The molecule has 156 valence electrons. The highest BCUT2D eigenvalue weighted by molar-refractivity contribution is 5.76. The number of para-hydroxylation sites is 1. The molecule has 1 saturated heterocycles. The van der Waals surface area contributed by atoms with Crippen LogP contribution in [0, 0.1) is 5.92 Å². The Morgan fingerprint density at radius 3 is 2.50 bits per heavy atom. The Morgan fingerprint density at radius 2 is 1.86 bits per heavy atom. The second-order valence-corrected chi connectivity index (χ2v) is 8.25. The van der Waals surface area contributed by atoms with E-state index in [9.17, 15) is 9.59 Å². The van der Waals surface area contributed by atoms with E-state index in [0.717, 1.165) is 37.2 Å². The van der Waals surface area contributed by atoms with Gasteiger partial charge in [-0.05, 0) is 64.5 Å². The van der Waals surface area contributed by atoms with Gasteiger partial charge in [-0.3, -0.25) is 4.79 Å². The zero-order valence-electron chi connectivity index (χ0n) is 17.6. The lowest BCUT2D eigenvalue weighted by Crippen LogP contribution is -2.42. The number of rotatable bonds is 7. The minimum absolute atomic E-state index is 0.185. The van der Waals surface area contributed by atoms with Crippen molar-refractivity contribution in [2.75, 3.05) is 26.2 Å². The summed E-state index contributed by atoms with van der Waals surface area (Å²) in [6.45, 7) is 10.2. The van der Waals surface area contributed by atoms with E-state index in [2.05, 4.69) is 5.32 Å². The molecule has 1 aliphatic rings. The predicted molar refractivity (Wildman–Crippen MR) is 109 cm³/mol. The van der Waals surface area contributed by atoms with Crippen molar-refractivity contribution in [1.29, 1.82) is 0 Å². The van der Waals surface area contributed by atoms with Crippen molar-refractivity contribution in [2.24, 2.45) is 5.92 Å². The fourth-order valence-electron chi connectivity index (χ4n) is 3.33. The number of aryl methyl sites for hydroxylation is 1. The fraction of sp³-hybridized carbons (Fsp3) is 0.636. The molecule has 0 atom stereocenters. The van der Waals surface area contributed by atoms with Crippen LogP contribution in [0.1, 0.15) is 52.5 Å². The largest absolute Gasteiger partial charge is 0.494 e. The first-order valence-electron chi connectivity index (χ1n) is 10.2. The Hall–Kier alpha value is -2.24. The van der Waals surface area contributed by atoms with Gasteiger partial charge in [-0.1, -0.05) is 18.2 Å². The van der Waals surface area contributed by atoms with E-state index in [1.54, 1.807) is 0 Å². The average molecular weight is 391 g/mol. The molecular formula is C22H34N2O4. The smallest absolute Gasteiger partial charge is 0.407 e. The molecule has 0 saturated carbocycles. The maximum absolute atomic E-state index is 12.6. The SMILES string of the molecule is CCOc1ccccc1CCC(=O)N1CCC(CNC(=O)OC(C)(C)C)CC1. The molecule has 2 rings (SSSR count). The van der Waals surface area contributed by atoms with Gasteiger partial charge < -0.3 is 19.7 Å². The number of amides is 2. The van der Waals surface area contributed by atoms with Crippen LogP contribution in [0.5, 0.6) is 5.75 Å². The summed E-state index contributed by atoms with van der Waals surface area (Å²) in [6.07, 6.45) is 2.60. The van der Waals surface area contributed by atoms with Gasteiger partial charge in [0.2, 0.25) is 5.91 Å². The second kappa shape index (κ2) is 10.3. The topological polar surface area (TPSA) is 67.9 Å². The molecule has 1 fully saturated rings. The molecule has 2 amide bonds. The molecule has 0 aromatic heterocycles. The Labute approximate surface area is 168 Å². The second-order valence-electron chi connectivity index (χ2n) is 8.25. The van der Waals surface area contributed by atoms with Gasteiger partial charge in [0, 0.05) is 26.1 Å². The van der Waals surface area contributed by atoms with Crippen LogP contribution in [0.2, 0.25) is 0 Å². The van der Waals surface area contributed by atoms with Gasteiger partial charge in [-0.2, -0.15) is 0 Å². The van der Waals surface area contributed by atoms with E-state index in [1.165, 1.54) is 0 Å². The molecule has 0 unspecified atom stereocenters. The average Bonchev–Trinajstić information content (AvgIpc) is 2.65. The summed E-state index contributed by atoms with van der Waals surface area (Å²) in [6, 6.07) is 7.90. The number of benzene rings is 1. The van der Waals surface area contributed by atoms with Crippen LogP contribution in [0.3, 0.4) is 0 Å². The molecule has 0 radical (unpaired) electrons. The van der Waals surface area contributed by atoms with Crippen LogP contribution in [-0.4, -0.2) is 48.7 Å². The molecule has 1 aromatic rings. The lowest BCUT2D eigenvalue weighted by molar-refractivity contribution is -0.132. The zero-order valence-corrected chi connectivity index (χ0v) is 17.6. The molecule has 0 spiro atoms. The van der Waals surface area contributed by atoms with Gasteiger partial charge in [0.15, 0.2) is 0 Å². The number of piperidine rings is 1. The number of hydrogen-bond acceptors (Lipinski definition) is 4. The molecule has 0 bridgehead atoms. The minimum atomic E-state index is -0.485. The maximum Gasteiger partial charge on any atom is 0.407 e. The molecule has 6 nitrogen and oxygen atoms in total. The maximum atomic E-state index is 12.6. The van der Waals surface area contributed by atoms with Crippen LogP contribution >= 0.6 is 0 Å². The lowest BCUT2D eigenvalue weighted by atomic mass is 9.96. The van der Waals surface area contributed by atoms with E-state index in [0.29, 0.717) is 31.9 Å². The molecule has 0 aliphatic carbocycles. The van der Waals surface area contributed by atoms with E-state index in [4.69, 9.17) is 9.47 Å². The van der Waals surface area contributed by atoms with Crippen molar-refractivity contribution in [3.05, 3.63) is 29.8 Å². The first-order valence-corrected chi connectivity index (χ1v) is 10.2. The van der Waals surface area contributed by atoms with Crippen molar-refractivity contribution in [1.82, 2.24) is 10.2 Å². The standard InChI is InChI=1S/C22H34N2O4/c1-5-27-19-9-7-6-8-18(19)10-11-20(25)24-14-12-17(13-15-24)16-23-21(26)28-22(2,3)4/h6-9,17H,5,10-16H2,1-4H3,(H,23,26). The van der Waals surface area contributed by atoms with Crippen molar-refractivity contribution < 1.29 is 19.1 Å². The quantitative estimate of drug-likeness (QED) is 0.769. The lowest BCUT2D eigenvalue weighted by Gasteiger charge is -2.32. The highest BCUT2D eigenvalue weighted by atomic mass is 16.6. The third kappa shape index (κ3) is 7.41. The minimum Gasteiger partial charge on any atom is -0.494 e. The number of carbonyl (C=O) groups is 2. The third-order valence-corrected chi connectivity index (χ3v) is 4.78. The predicted octanol–water partition coefficient (Wildman–Crippen LogP) is 3.78. The van der Waals surface area contributed by atoms with Gasteiger partial charge in [-0.15, -0.1) is 0 Å². The van der Waals surface area contributed by atoms with Gasteiger partial charge in [0.1, 0.15) is 11.4 Å². The van der Waals surface area contributed by atoms with E-state index in [1.807, 2.05) is 56.9 Å². The zero-order chi connectivity index (χ0) is 20.6. The summed E-state index contributed by atoms with van der Waals surface area (Å²) in [4.78, 5) is 26.3. The number of alkyl carbamates (subject to hydrolysis) is 1. The molecule has 1 aliphatic heterocycles. The van der Waals surface area contributed by atoms with Crippen LogP contribution in [0.15, 0.2) is 24.3 Å². The molecule has 1 aromatic carbocycles. The Balaban J connectivity index is 1.71. The van der Waals surface area contributed by atoms with Gasteiger partial charge in [0.25, 0.3) is 0 Å². The fourth-order valence-corrected chi connectivity index (χ4v) is 3.33. The molecular weight excluding hydrogens is 356 g/mol. The van der Waals surface area contributed by atoms with Crippen molar-refractivity contribution in [2.45, 2.75) is 59.0 Å². The summed E-state index contributed by atoms with van der Waals surface area (Å²) in [5.74, 6) is 1.44. The van der Waals surface area contributed by atoms with Crippen LogP contribution in [0.4, 0.5) is 4.79 Å². The number of ether oxygens (including phenoxy) is 2. The van der Waals surface area contributed by atoms with Crippen LogP contribution < -0.4 is 10.1 Å². The van der Waals surface area contributed by atoms with E-state index in [-0.39, 0.29) is 12.0 Å². The highest BCUT2D eigenvalue weighted by Crippen LogP contribution is 2.21. The normalized spacial score (nSPS) is 15.2. The number of likely N-dealkylation sites (tertiary alicyclic amines) is 1. The van der Waals surface area contributed by atoms with Crippen LogP contribution in [0.25, 0.3) is 0 Å². The number of carbonyl (C=O) groups excluding carboxylic acids is 2. The van der Waals surface area contributed by atoms with E-state index >= 15 is 0 Å². The summed E-state index contributed by atoms with van der Waals surface area (Å²) in [7, 11) is 0. The summed E-state index contributed by atoms with van der Waals surface area (Å²) in [5, 5.41) is 2.84. The summed E-state index contributed by atoms with van der Waals surface area (Å²) >= 11 is 0. The van der Waals surface area contributed by atoms with Crippen molar-refractivity contribution >= 4 is 12.0 Å². The van der Waals surface area contributed by atoms with Gasteiger partial charge in [0.05, 0.1) is 6.61 Å². The van der Waals surface area contributed by atoms with Crippen molar-refractivity contribution in [3.63, 3.8) is 0 Å². The van der Waals surface area contributed by atoms with Gasteiger partial charge >= 0.3 is 6.09 Å². The van der Waals surface area contributed by atoms with Crippen LogP contribution in [-0.2, 0) is 16.0 Å². The summed E-state index contributed by atoms with van der Waals surface area (Å²) in [5.41, 5.74) is 0.592. The Morgan fingerprint density at radius 1 is 1.18 bits per heavy atom. The Kier molecular flexibility index (Phi) is 8.15. The summed E-state index contributed by atoms with van der Waals surface area (Å²) < 4.78 is 10.9. The van der Waals surface area contributed by atoms with Crippen molar-refractivity contribution in [3.8, 4) is 5.75 Å². The molecule has 6 heteroatoms. The number of hydrogen-bond donors (Lipinski definition) is 1. The highest BCUT2D eigenvalue weighted by Gasteiger charge is 2.24. The number of nitrogens with zero attached hydrogens (tertiary/aromatic N) is 1. The Bertz CT molecular complexity index is 646. The first-order chi connectivity index (χ1) is 13.3. The molecule has 1 N–H and O–H groups in total. The first kappa shape index (κ1) is 22.1. The molecule has 1 heterocycles. The number of nitrogens with one attached hydrogen (secondary N) is 1. The molecule has 28 heavy (non-hydrogen) atoms.